The second-order valence-electron chi connectivity index (χ2n) is 5.77. The Labute approximate surface area is 170 Å². The Morgan fingerprint density at radius 2 is 1.96 bits per heavy atom. The van der Waals surface area contributed by atoms with Gasteiger partial charge in [0.25, 0.3) is 0 Å². The summed E-state index contributed by atoms with van der Waals surface area (Å²) in [5.41, 5.74) is 1.66. The van der Waals surface area contributed by atoms with Crippen molar-refractivity contribution in [2.75, 3.05) is 14.2 Å². The Balaban J connectivity index is 1.59. The summed E-state index contributed by atoms with van der Waals surface area (Å²) >= 11 is 3.41. The van der Waals surface area contributed by atoms with Crippen LogP contribution in [0.2, 0.25) is 0 Å². The van der Waals surface area contributed by atoms with Crippen LogP contribution in [0.3, 0.4) is 0 Å². The number of nitrogens with zero attached hydrogens (tertiary/aromatic N) is 2. The standard InChI is InChI=1S/C20H19BrN4O3/c1-27-16-7-3-13(4-8-16)20-23-18(24-25-20)12-22-19(26)10-5-14-11-15(21)6-9-17(14)28-2/h3-11H,12H2,1-2H3,(H,22,26)(H,23,24,25)/b10-5+. The summed E-state index contributed by atoms with van der Waals surface area (Å²) in [5, 5.41) is 9.78. The lowest BCUT2D eigenvalue weighted by molar-refractivity contribution is -0.116. The fourth-order valence-corrected chi connectivity index (χ4v) is 2.85. The SMILES string of the molecule is COc1ccc(-c2n[nH]c(CNC(=O)/C=C/c3cc(Br)ccc3OC)n2)cc1. The predicted octanol–water partition coefficient (Wildman–Crippen LogP) is 3.58. The van der Waals surface area contributed by atoms with Gasteiger partial charge in [0.05, 0.1) is 20.8 Å². The third kappa shape index (κ3) is 4.98. The van der Waals surface area contributed by atoms with Gasteiger partial charge in [-0.3, -0.25) is 9.89 Å². The van der Waals surface area contributed by atoms with Gasteiger partial charge in [0.1, 0.15) is 17.3 Å². The van der Waals surface area contributed by atoms with Gasteiger partial charge in [-0.15, -0.1) is 0 Å². The number of aromatic amines is 1. The van der Waals surface area contributed by atoms with E-state index in [9.17, 15) is 4.79 Å². The number of hydrogen-bond acceptors (Lipinski definition) is 5. The largest absolute Gasteiger partial charge is 0.497 e. The van der Waals surface area contributed by atoms with Gasteiger partial charge in [0, 0.05) is 21.7 Å². The van der Waals surface area contributed by atoms with Gasteiger partial charge in [-0.25, -0.2) is 4.98 Å². The number of aromatic nitrogens is 3. The molecule has 2 aromatic carbocycles. The number of halogens is 1. The van der Waals surface area contributed by atoms with Crippen molar-refractivity contribution in [2.24, 2.45) is 0 Å². The maximum Gasteiger partial charge on any atom is 0.244 e. The van der Waals surface area contributed by atoms with E-state index in [2.05, 4.69) is 36.4 Å². The number of nitrogens with one attached hydrogen (secondary N) is 2. The lowest BCUT2D eigenvalue weighted by atomic mass is 10.2. The zero-order chi connectivity index (χ0) is 19.9. The van der Waals surface area contributed by atoms with E-state index < -0.39 is 0 Å². The van der Waals surface area contributed by atoms with Crippen molar-refractivity contribution in [1.29, 1.82) is 0 Å². The molecule has 1 heterocycles. The molecule has 0 spiro atoms. The van der Waals surface area contributed by atoms with E-state index in [1.54, 1.807) is 20.3 Å². The van der Waals surface area contributed by atoms with Gasteiger partial charge in [-0.2, -0.15) is 5.10 Å². The molecule has 28 heavy (non-hydrogen) atoms. The average Bonchev–Trinajstić information content (AvgIpc) is 3.20. The highest BCUT2D eigenvalue weighted by Crippen LogP contribution is 2.24. The highest BCUT2D eigenvalue weighted by molar-refractivity contribution is 9.10. The second kappa shape index (κ2) is 9.18. The fourth-order valence-electron chi connectivity index (χ4n) is 2.47. The van der Waals surface area contributed by atoms with Crippen molar-refractivity contribution in [3.8, 4) is 22.9 Å². The molecule has 0 aliphatic rings. The van der Waals surface area contributed by atoms with Crippen molar-refractivity contribution < 1.29 is 14.3 Å². The molecule has 0 saturated carbocycles. The normalized spacial score (nSPS) is 10.8. The number of carbonyl (C=O) groups excluding carboxylic acids is 1. The lowest BCUT2D eigenvalue weighted by Crippen LogP contribution is -2.21. The van der Waals surface area contributed by atoms with Crippen LogP contribution in [0.4, 0.5) is 0 Å². The van der Waals surface area contributed by atoms with Gasteiger partial charge in [-0.1, -0.05) is 15.9 Å². The summed E-state index contributed by atoms with van der Waals surface area (Å²) < 4.78 is 11.3. The molecule has 3 rings (SSSR count). The number of methoxy groups -OCH3 is 2. The van der Waals surface area contributed by atoms with Crippen LogP contribution in [0.25, 0.3) is 17.5 Å². The minimum atomic E-state index is -0.246. The number of benzene rings is 2. The van der Waals surface area contributed by atoms with Crippen molar-refractivity contribution in [3.63, 3.8) is 0 Å². The first-order valence-electron chi connectivity index (χ1n) is 8.44. The number of H-pyrrole nitrogens is 1. The van der Waals surface area contributed by atoms with E-state index in [0.717, 1.165) is 21.3 Å². The molecule has 0 fully saturated rings. The first-order valence-corrected chi connectivity index (χ1v) is 9.23. The van der Waals surface area contributed by atoms with E-state index in [1.165, 1.54) is 6.08 Å². The van der Waals surface area contributed by atoms with Crippen molar-refractivity contribution >= 4 is 27.9 Å². The summed E-state index contributed by atoms with van der Waals surface area (Å²) in [4.78, 5) is 16.5. The van der Waals surface area contributed by atoms with Gasteiger partial charge in [0.15, 0.2) is 5.82 Å². The molecule has 0 saturated heterocycles. The maximum absolute atomic E-state index is 12.1. The van der Waals surface area contributed by atoms with Gasteiger partial charge >= 0.3 is 0 Å². The Morgan fingerprint density at radius 1 is 1.18 bits per heavy atom. The molecule has 8 heteroatoms. The number of ether oxygens (including phenoxy) is 2. The molecule has 0 aliphatic carbocycles. The maximum atomic E-state index is 12.1. The molecule has 2 N–H and O–H groups in total. The van der Waals surface area contributed by atoms with Crippen LogP contribution >= 0.6 is 15.9 Å². The van der Waals surface area contributed by atoms with Crippen LogP contribution in [0.1, 0.15) is 11.4 Å². The van der Waals surface area contributed by atoms with Crippen molar-refractivity contribution in [1.82, 2.24) is 20.5 Å². The van der Waals surface area contributed by atoms with Crippen LogP contribution < -0.4 is 14.8 Å². The van der Waals surface area contributed by atoms with Crippen LogP contribution in [-0.4, -0.2) is 35.3 Å². The number of rotatable bonds is 7. The van der Waals surface area contributed by atoms with Gasteiger partial charge in [0.2, 0.25) is 5.91 Å². The Hall–Kier alpha value is -3.13. The molecule has 0 unspecified atom stereocenters. The summed E-state index contributed by atoms with van der Waals surface area (Å²) in [7, 11) is 3.20. The molecule has 0 radical (unpaired) electrons. The molecular formula is C20H19BrN4O3. The molecule has 1 aromatic heterocycles. The monoisotopic (exact) mass is 442 g/mol. The summed E-state index contributed by atoms with van der Waals surface area (Å²) in [5.74, 6) is 2.32. The molecule has 0 atom stereocenters. The summed E-state index contributed by atoms with van der Waals surface area (Å²) in [6.45, 7) is 0.238. The van der Waals surface area contributed by atoms with E-state index in [-0.39, 0.29) is 12.5 Å². The predicted molar refractivity (Wildman–Crippen MR) is 110 cm³/mol. The first kappa shape index (κ1) is 19.6. The van der Waals surface area contributed by atoms with Crippen molar-refractivity contribution in [2.45, 2.75) is 6.54 Å². The average molecular weight is 443 g/mol. The molecule has 0 bridgehead atoms. The minimum absolute atomic E-state index is 0.238. The molecule has 144 valence electrons. The Bertz CT molecular complexity index is 983. The van der Waals surface area contributed by atoms with E-state index >= 15 is 0 Å². The minimum Gasteiger partial charge on any atom is -0.497 e. The lowest BCUT2D eigenvalue weighted by Gasteiger charge is -2.05. The van der Waals surface area contributed by atoms with Crippen LogP contribution in [-0.2, 0) is 11.3 Å². The van der Waals surface area contributed by atoms with Gasteiger partial charge < -0.3 is 14.8 Å². The van der Waals surface area contributed by atoms with E-state index in [0.29, 0.717) is 17.4 Å². The third-order valence-electron chi connectivity index (χ3n) is 3.92. The highest BCUT2D eigenvalue weighted by atomic mass is 79.9. The molecular weight excluding hydrogens is 424 g/mol. The molecule has 7 nitrogen and oxygen atoms in total. The Kier molecular flexibility index (Phi) is 6.44. The van der Waals surface area contributed by atoms with E-state index in [4.69, 9.17) is 9.47 Å². The van der Waals surface area contributed by atoms with Crippen LogP contribution in [0.15, 0.2) is 53.0 Å². The van der Waals surface area contributed by atoms with Crippen molar-refractivity contribution in [3.05, 3.63) is 64.4 Å². The Morgan fingerprint density at radius 3 is 2.68 bits per heavy atom. The van der Waals surface area contributed by atoms with Crippen LogP contribution in [0.5, 0.6) is 11.5 Å². The fraction of sp³-hybridized carbons (Fsp3) is 0.150. The summed E-state index contributed by atoms with van der Waals surface area (Å²) in [6, 6.07) is 13.0. The topological polar surface area (TPSA) is 89.1 Å². The summed E-state index contributed by atoms with van der Waals surface area (Å²) in [6.07, 6.45) is 3.15. The first-order chi connectivity index (χ1) is 13.6. The van der Waals surface area contributed by atoms with Crippen LogP contribution in [0, 0.1) is 0 Å². The number of carbonyl (C=O) groups is 1. The third-order valence-corrected chi connectivity index (χ3v) is 4.41. The zero-order valence-electron chi connectivity index (χ0n) is 15.4. The number of amides is 1. The van der Waals surface area contributed by atoms with Gasteiger partial charge in [-0.05, 0) is 48.5 Å². The zero-order valence-corrected chi connectivity index (χ0v) is 17.0. The molecule has 3 aromatic rings. The smallest absolute Gasteiger partial charge is 0.244 e. The molecule has 1 amide bonds. The molecule has 0 aliphatic heterocycles. The number of hydrogen-bond donors (Lipinski definition) is 2. The highest BCUT2D eigenvalue weighted by Gasteiger charge is 2.07. The van der Waals surface area contributed by atoms with E-state index in [1.807, 2.05) is 42.5 Å². The quantitative estimate of drug-likeness (QED) is 0.545. The second-order valence-corrected chi connectivity index (χ2v) is 6.69.